The molecule has 0 bridgehead atoms. The van der Waals surface area contributed by atoms with Crippen molar-refractivity contribution in [2.45, 2.75) is 18.9 Å². The Hall–Kier alpha value is -2.55. The van der Waals surface area contributed by atoms with Gasteiger partial charge in [0.25, 0.3) is 17.3 Å². The van der Waals surface area contributed by atoms with Crippen LogP contribution < -0.4 is 5.32 Å². The highest BCUT2D eigenvalue weighted by Crippen LogP contribution is 2.22. The maximum Gasteiger partial charge on any atom is 0.277 e. The molecule has 0 spiro atoms. The summed E-state index contributed by atoms with van der Waals surface area (Å²) >= 11 is 0. The normalized spacial score (nSPS) is 17.4. The number of benzene rings is 1. The van der Waals surface area contributed by atoms with Gasteiger partial charge in [0.05, 0.1) is 27.6 Å². The molecule has 1 aliphatic rings. The molecule has 1 N–H and O–H groups in total. The molecule has 2 rings (SSSR count). The van der Waals surface area contributed by atoms with Gasteiger partial charge in [0.1, 0.15) is 0 Å². The zero-order valence-corrected chi connectivity index (χ0v) is 11.0. The van der Waals surface area contributed by atoms with Crippen molar-refractivity contribution in [3.63, 3.8) is 0 Å². The number of hydrogen-bond donors (Lipinski definition) is 1. The van der Waals surface area contributed by atoms with Gasteiger partial charge in [0.2, 0.25) is 0 Å². The van der Waals surface area contributed by atoms with Crippen molar-refractivity contribution in [3.8, 4) is 0 Å². The molecule has 1 aromatic carbocycles. The summed E-state index contributed by atoms with van der Waals surface area (Å²) in [6.45, 7) is 0.915. The van der Waals surface area contributed by atoms with Crippen LogP contribution in [0.15, 0.2) is 18.2 Å². The van der Waals surface area contributed by atoms with E-state index in [1.165, 1.54) is 0 Å². The Labute approximate surface area is 119 Å². The first kappa shape index (κ1) is 14.9. The first-order chi connectivity index (χ1) is 9.97. The monoisotopic (exact) mass is 295 g/mol. The Morgan fingerprint density at radius 3 is 2.33 bits per heavy atom. The SMILES string of the molecule is O=C(NC[C@H]1CCCO1)c1cc([N+](=O)[O-])cc([N+](=O)[O-])c1. The van der Waals surface area contributed by atoms with Crippen molar-refractivity contribution in [3.05, 3.63) is 44.0 Å². The molecule has 1 aromatic rings. The Bertz CT molecular complexity index is 550. The van der Waals surface area contributed by atoms with Crippen LogP contribution in [-0.2, 0) is 4.74 Å². The van der Waals surface area contributed by atoms with Gasteiger partial charge in [-0.05, 0) is 12.8 Å². The number of carbonyl (C=O) groups excluding carboxylic acids is 1. The molecule has 21 heavy (non-hydrogen) atoms. The zero-order chi connectivity index (χ0) is 15.4. The lowest BCUT2D eigenvalue weighted by Gasteiger charge is -2.10. The first-order valence-electron chi connectivity index (χ1n) is 6.31. The molecule has 0 saturated carbocycles. The van der Waals surface area contributed by atoms with Crippen LogP contribution in [0.5, 0.6) is 0 Å². The van der Waals surface area contributed by atoms with Gasteiger partial charge in [-0.1, -0.05) is 0 Å². The maximum absolute atomic E-state index is 11.9. The highest BCUT2D eigenvalue weighted by atomic mass is 16.6. The minimum atomic E-state index is -0.774. The Balaban J connectivity index is 2.14. The second kappa shape index (κ2) is 6.27. The van der Waals surface area contributed by atoms with E-state index >= 15 is 0 Å². The van der Waals surface area contributed by atoms with Gasteiger partial charge in [0.15, 0.2) is 0 Å². The highest BCUT2D eigenvalue weighted by molar-refractivity contribution is 5.95. The third kappa shape index (κ3) is 3.72. The number of non-ortho nitro benzene ring substituents is 2. The third-order valence-electron chi connectivity index (χ3n) is 3.10. The lowest BCUT2D eigenvalue weighted by Crippen LogP contribution is -2.31. The zero-order valence-electron chi connectivity index (χ0n) is 11.0. The predicted molar refractivity (Wildman–Crippen MR) is 71.1 cm³/mol. The number of hydrogen-bond acceptors (Lipinski definition) is 6. The van der Waals surface area contributed by atoms with Crippen molar-refractivity contribution < 1.29 is 19.4 Å². The topological polar surface area (TPSA) is 125 Å². The van der Waals surface area contributed by atoms with Gasteiger partial charge >= 0.3 is 0 Å². The van der Waals surface area contributed by atoms with E-state index in [9.17, 15) is 25.0 Å². The number of amides is 1. The molecule has 1 amide bonds. The molecule has 1 aliphatic heterocycles. The predicted octanol–water partition coefficient (Wildman–Crippen LogP) is 1.41. The Morgan fingerprint density at radius 1 is 1.24 bits per heavy atom. The van der Waals surface area contributed by atoms with E-state index in [4.69, 9.17) is 4.74 Å². The molecule has 9 nitrogen and oxygen atoms in total. The van der Waals surface area contributed by atoms with Gasteiger partial charge in [-0.15, -0.1) is 0 Å². The van der Waals surface area contributed by atoms with Crippen LogP contribution in [0, 0.1) is 20.2 Å². The molecular weight excluding hydrogens is 282 g/mol. The number of nitrogens with zero attached hydrogens (tertiary/aromatic N) is 2. The quantitative estimate of drug-likeness (QED) is 0.646. The summed E-state index contributed by atoms with van der Waals surface area (Å²) < 4.78 is 5.33. The fourth-order valence-electron chi connectivity index (χ4n) is 2.05. The van der Waals surface area contributed by atoms with E-state index < -0.39 is 27.1 Å². The summed E-state index contributed by atoms with van der Waals surface area (Å²) in [7, 11) is 0. The van der Waals surface area contributed by atoms with Crippen molar-refractivity contribution >= 4 is 17.3 Å². The number of rotatable bonds is 5. The van der Waals surface area contributed by atoms with Crippen LogP contribution >= 0.6 is 0 Å². The van der Waals surface area contributed by atoms with Gasteiger partial charge in [-0.2, -0.15) is 0 Å². The number of nitro benzene ring substituents is 2. The molecule has 112 valence electrons. The van der Waals surface area contributed by atoms with Crippen molar-refractivity contribution in [2.75, 3.05) is 13.2 Å². The van der Waals surface area contributed by atoms with E-state index in [-0.39, 0.29) is 18.2 Å². The van der Waals surface area contributed by atoms with Crippen LogP contribution in [0.1, 0.15) is 23.2 Å². The smallest absolute Gasteiger partial charge is 0.277 e. The molecule has 0 unspecified atom stereocenters. The van der Waals surface area contributed by atoms with E-state index in [1.807, 2.05) is 0 Å². The lowest BCUT2D eigenvalue weighted by molar-refractivity contribution is -0.394. The second-order valence-electron chi connectivity index (χ2n) is 4.60. The van der Waals surface area contributed by atoms with Crippen molar-refractivity contribution in [1.29, 1.82) is 0 Å². The van der Waals surface area contributed by atoms with Crippen LogP contribution in [-0.4, -0.2) is 35.0 Å². The Kier molecular flexibility index (Phi) is 4.43. The largest absolute Gasteiger partial charge is 0.376 e. The molecule has 1 saturated heterocycles. The molecule has 9 heteroatoms. The molecule has 1 atom stereocenters. The fraction of sp³-hybridized carbons (Fsp3) is 0.417. The van der Waals surface area contributed by atoms with E-state index in [2.05, 4.69) is 5.32 Å². The molecule has 0 aliphatic carbocycles. The van der Waals surface area contributed by atoms with Crippen LogP contribution in [0.25, 0.3) is 0 Å². The third-order valence-corrected chi connectivity index (χ3v) is 3.10. The standard InChI is InChI=1S/C12H13N3O6/c16-12(13-7-11-2-1-3-21-11)8-4-9(14(17)18)6-10(5-8)15(19)20/h4-6,11H,1-3,7H2,(H,13,16)/t11-/m1/s1. The minimum Gasteiger partial charge on any atom is -0.376 e. The van der Waals surface area contributed by atoms with Crippen LogP contribution in [0.3, 0.4) is 0 Å². The van der Waals surface area contributed by atoms with Gasteiger partial charge < -0.3 is 10.1 Å². The summed E-state index contributed by atoms with van der Waals surface area (Å²) in [6.07, 6.45) is 1.67. The van der Waals surface area contributed by atoms with E-state index in [0.717, 1.165) is 31.0 Å². The summed E-state index contributed by atoms with van der Waals surface area (Å²) in [5, 5.41) is 24.1. The van der Waals surface area contributed by atoms with Crippen molar-refractivity contribution in [1.82, 2.24) is 5.32 Å². The maximum atomic E-state index is 11.9. The summed E-state index contributed by atoms with van der Waals surface area (Å²) in [6, 6.07) is 2.84. The first-order valence-corrected chi connectivity index (χ1v) is 6.31. The average molecular weight is 295 g/mol. The fourth-order valence-corrected chi connectivity index (χ4v) is 2.05. The van der Waals surface area contributed by atoms with E-state index in [1.54, 1.807) is 0 Å². The second-order valence-corrected chi connectivity index (χ2v) is 4.60. The van der Waals surface area contributed by atoms with Gasteiger partial charge in [-0.3, -0.25) is 25.0 Å². The van der Waals surface area contributed by atoms with E-state index in [0.29, 0.717) is 6.61 Å². The molecule has 0 aromatic heterocycles. The average Bonchev–Trinajstić information content (AvgIpc) is 2.97. The summed E-state index contributed by atoms with van der Waals surface area (Å²) in [5.41, 5.74) is -1.10. The number of ether oxygens (including phenoxy) is 1. The number of nitro groups is 2. The Morgan fingerprint density at radius 2 is 1.86 bits per heavy atom. The van der Waals surface area contributed by atoms with Crippen molar-refractivity contribution in [2.24, 2.45) is 0 Å². The lowest BCUT2D eigenvalue weighted by atomic mass is 10.1. The summed E-state index contributed by atoms with van der Waals surface area (Å²) in [5.74, 6) is -0.600. The molecule has 1 heterocycles. The highest BCUT2D eigenvalue weighted by Gasteiger charge is 2.21. The number of carbonyl (C=O) groups is 1. The number of nitrogens with one attached hydrogen (secondary N) is 1. The summed E-state index contributed by atoms with van der Waals surface area (Å²) in [4.78, 5) is 31.9. The minimum absolute atomic E-state index is 0.0809. The molecular formula is C12H13N3O6. The van der Waals surface area contributed by atoms with Gasteiger partial charge in [-0.25, -0.2) is 0 Å². The van der Waals surface area contributed by atoms with Gasteiger partial charge in [0, 0.05) is 25.3 Å². The molecule has 0 radical (unpaired) electrons. The van der Waals surface area contributed by atoms with Crippen LogP contribution in [0.2, 0.25) is 0 Å². The molecule has 1 fully saturated rings. The van der Waals surface area contributed by atoms with Crippen LogP contribution in [0.4, 0.5) is 11.4 Å².